The van der Waals surface area contributed by atoms with E-state index in [2.05, 4.69) is 20.8 Å². The number of carbonyl (C=O) groups excluding carboxylic acids is 1. The molecule has 1 unspecified atom stereocenters. The van der Waals surface area contributed by atoms with Crippen LogP contribution < -0.4 is 15.4 Å². The lowest BCUT2D eigenvalue weighted by atomic mass is 10.0. The molecular weight excluding hydrogens is 299 g/mol. The van der Waals surface area contributed by atoms with Crippen molar-refractivity contribution in [2.24, 2.45) is 0 Å². The number of rotatable bonds is 4. The van der Waals surface area contributed by atoms with Crippen molar-refractivity contribution in [3.63, 3.8) is 0 Å². The van der Waals surface area contributed by atoms with Crippen LogP contribution in [0.1, 0.15) is 40.3 Å². The number of aromatic nitrogens is 2. The van der Waals surface area contributed by atoms with Gasteiger partial charge in [-0.1, -0.05) is 6.07 Å². The number of nitrogens with zero attached hydrogens (tertiary/aromatic N) is 1. The third kappa shape index (κ3) is 2.92. The van der Waals surface area contributed by atoms with Crippen LogP contribution >= 0.6 is 0 Å². The molecule has 122 valence electrons. The minimum atomic E-state index is -0.539. The average molecular weight is 318 g/mol. The highest BCUT2D eigenvalue weighted by atomic mass is 19.1. The summed E-state index contributed by atoms with van der Waals surface area (Å²) in [5, 5.41) is 13.0. The molecule has 3 rings (SSSR count). The summed E-state index contributed by atoms with van der Waals surface area (Å²) in [7, 11) is 1.47. The van der Waals surface area contributed by atoms with Gasteiger partial charge in [-0.05, 0) is 19.1 Å². The molecule has 7 heteroatoms. The van der Waals surface area contributed by atoms with Crippen LogP contribution in [0.2, 0.25) is 0 Å². The van der Waals surface area contributed by atoms with Crippen LogP contribution in [0, 0.1) is 5.82 Å². The first kappa shape index (κ1) is 15.5. The van der Waals surface area contributed by atoms with E-state index in [-0.39, 0.29) is 5.91 Å². The maximum Gasteiger partial charge on any atom is 0.272 e. The molecule has 2 aromatic rings. The Morgan fingerprint density at radius 1 is 1.48 bits per heavy atom. The fourth-order valence-electron chi connectivity index (χ4n) is 2.87. The van der Waals surface area contributed by atoms with Crippen molar-refractivity contribution in [1.82, 2.24) is 20.8 Å². The number of nitrogens with one attached hydrogen (secondary N) is 3. The Labute approximate surface area is 133 Å². The Hall–Kier alpha value is -2.41. The van der Waals surface area contributed by atoms with Crippen molar-refractivity contribution in [1.29, 1.82) is 0 Å². The summed E-state index contributed by atoms with van der Waals surface area (Å²) < 4.78 is 19.3. The first-order valence-electron chi connectivity index (χ1n) is 7.52. The molecule has 0 saturated carbocycles. The lowest BCUT2D eigenvalue weighted by Crippen LogP contribution is -2.30. The van der Waals surface area contributed by atoms with Crippen LogP contribution in [0.5, 0.6) is 5.75 Å². The summed E-state index contributed by atoms with van der Waals surface area (Å²) >= 11 is 0. The van der Waals surface area contributed by atoms with Crippen molar-refractivity contribution in [3.05, 3.63) is 46.5 Å². The van der Waals surface area contributed by atoms with Crippen LogP contribution in [-0.4, -0.2) is 29.8 Å². The van der Waals surface area contributed by atoms with Gasteiger partial charge in [-0.15, -0.1) is 0 Å². The molecule has 0 radical (unpaired) electrons. The Balaban J connectivity index is 1.82. The van der Waals surface area contributed by atoms with Crippen molar-refractivity contribution in [3.8, 4) is 5.75 Å². The molecule has 1 amide bonds. The second-order valence-electron chi connectivity index (χ2n) is 5.51. The molecule has 0 aliphatic carbocycles. The highest BCUT2D eigenvalue weighted by Crippen LogP contribution is 2.28. The molecule has 0 spiro atoms. The van der Waals surface area contributed by atoms with Crippen LogP contribution in [0.25, 0.3) is 0 Å². The zero-order chi connectivity index (χ0) is 16.4. The molecule has 1 atom stereocenters. The molecule has 0 fully saturated rings. The summed E-state index contributed by atoms with van der Waals surface area (Å²) in [6.45, 7) is 3.18. The molecule has 0 saturated heterocycles. The Morgan fingerprint density at radius 3 is 3.09 bits per heavy atom. The van der Waals surface area contributed by atoms with Gasteiger partial charge < -0.3 is 15.4 Å². The molecule has 1 aromatic carbocycles. The summed E-state index contributed by atoms with van der Waals surface area (Å²) in [5.41, 5.74) is 2.53. The fourth-order valence-corrected chi connectivity index (χ4v) is 2.87. The number of benzene rings is 1. The number of ether oxygens (including phenoxy) is 1. The summed E-state index contributed by atoms with van der Waals surface area (Å²) in [5.74, 6) is -0.338. The predicted octanol–water partition coefficient (Wildman–Crippen LogP) is 1.69. The number of hydrogen-bond acceptors (Lipinski definition) is 4. The van der Waals surface area contributed by atoms with E-state index < -0.39 is 11.9 Å². The van der Waals surface area contributed by atoms with Crippen LogP contribution in [0.4, 0.5) is 4.39 Å². The van der Waals surface area contributed by atoms with E-state index in [0.29, 0.717) is 23.6 Å². The topological polar surface area (TPSA) is 79.0 Å². The number of methoxy groups -OCH3 is 1. The summed E-state index contributed by atoms with van der Waals surface area (Å²) in [6.07, 6.45) is 0.812. The van der Waals surface area contributed by atoms with E-state index in [0.717, 1.165) is 24.2 Å². The number of fused-ring (bicyclic) bond motifs is 1. The Bertz CT molecular complexity index is 729. The standard InChI is InChI=1S/C16H19FN4O2/c1-9(14-11(17)4-3-5-13(14)23-2)19-16(22)15-10-8-18-7-6-12(10)20-21-15/h3-5,9,18H,6-8H2,1-2H3,(H,19,22)(H,20,21). The number of carbonyl (C=O) groups is 1. The Kier molecular flexibility index (Phi) is 4.29. The molecule has 1 aliphatic heterocycles. The third-order valence-corrected chi connectivity index (χ3v) is 4.03. The lowest BCUT2D eigenvalue weighted by molar-refractivity contribution is 0.0932. The normalized spacial score (nSPS) is 14.9. The number of hydrogen-bond donors (Lipinski definition) is 3. The van der Waals surface area contributed by atoms with Crippen LogP contribution in [0.15, 0.2) is 18.2 Å². The smallest absolute Gasteiger partial charge is 0.272 e. The number of halogens is 1. The van der Waals surface area contributed by atoms with Crippen molar-refractivity contribution < 1.29 is 13.9 Å². The maximum atomic E-state index is 14.1. The SMILES string of the molecule is COc1cccc(F)c1C(C)NC(=O)c1n[nH]c2c1CNCC2. The zero-order valence-corrected chi connectivity index (χ0v) is 13.1. The van der Waals surface area contributed by atoms with E-state index in [1.807, 2.05) is 0 Å². The summed E-state index contributed by atoms with van der Waals surface area (Å²) in [4.78, 5) is 12.5. The van der Waals surface area contributed by atoms with E-state index in [4.69, 9.17) is 4.74 Å². The molecule has 1 aliphatic rings. The molecular formula is C16H19FN4O2. The first-order chi connectivity index (χ1) is 11.1. The monoisotopic (exact) mass is 318 g/mol. The van der Waals surface area contributed by atoms with Gasteiger partial charge in [0.2, 0.25) is 0 Å². The van der Waals surface area contributed by atoms with Gasteiger partial charge in [-0.3, -0.25) is 9.89 Å². The number of H-pyrrole nitrogens is 1. The van der Waals surface area contributed by atoms with E-state index in [9.17, 15) is 9.18 Å². The Morgan fingerprint density at radius 2 is 2.30 bits per heavy atom. The highest BCUT2D eigenvalue weighted by Gasteiger charge is 2.24. The van der Waals surface area contributed by atoms with Crippen molar-refractivity contribution in [2.45, 2.75) is 25.9 Å². The first-order valence-corrected chi connectivity index (χ1v) is 7.52. The van der Waals surface area contributed by atoms with E-state index in [1.54, 1.807) is 19.1 Å². The average Bonchev–Trinajstić information content (AvgIpc) is 2.98. The second kappa shape index (κ2) is 6.37. The van der Waals surface area contributed by atoms with Gasteiger partial charge in [-0.25, -0.2) is 4.39 Å². The van der Waals surface area contributed by atoms with Crippen LogP contribution in [0.3, 0.4) is 0 Å². The van der Waals surface area contributed by atoms with Crippen LogP contribution in [-0.2, 0) is 13.0 Å². The van der Waals surface area contributed by atoms with Crippen molar-refractivity contribution >= 4 is 5.91 Å². The minimum Gasteiger partial charge on any atom is -0.496 e. The van der Waals surface area contributed by atoms with E-state index in [1.165, 1.54) is 13.2 Å². The molecule has 6 nitrogen and oxygen atoms in total. The maximum absolute atomic E-state index is 14.1. The lowest BCUT2D eigenvalue weighted by Gasteiger charge is -2.18. The van der Waals surface area contributed by atoms with Gasteiger partial charge in [0.15, 0.2) is 5.69 Å². The predicted molar refractivity (Wildman–Crippen MR) is 82.8 cm³/mol. The molecule has 1 aromatic heterocycles. The quantitative estimate of drug-likeness (QED) is 0.801. The summed E-state index contributed by atoms with van der Waals surface area (Å²) in [6, 6.07) is 4.05. The molecule has 2 heterocycles. The van der Waals surface area contributed by atoms with Gasteiger partial charge in [0.1, 0.15) is 11.6 Å². The fraction of sp³-hybridized carbons (Fsp3) is 0.375. The molecule has 3 N–H and O–H groups in total. The largest absolute Gasteiger partial charge is 0.496 e. The minimum absolute atomic E-state index is 0.325. The number of amides is 1. The van der Waals surface area contributed by atoms with Gasteiger partial charge in [0.05, 0.1) is 18.7 Å². The second-order valence-corrected chi connectivity index (χ2v) is 5.51. The number of aromatic amines is 1. The third-order valence-electron chi connectivity index (χ3n) is 4.03. The molecule has 0 bridgehead atoms. The zero-order valence-electron chi connectivity index (χ0n) is 13.1. The van der Waals surface area contributed by atoms with E-state index >= 15 is 0 Å². The van der Waals surface area contributed by atoms with Gasteiger partial charge in [0, 0.05) is 30.8 Å². The van der Waals surface area contributed by atoms with Crippen molar-refractivity contribution in [2.75, 3.05) is 13.7 Å². The molecule has 23 heavy (non-hydrogen) atoms. The van der Waals surface area contributed by atoms with Gasteiger partial charge >= 0.3 is 0 Å². The highest BCUT2D eigenvalue weighted by molar-refractivity contribution is 5.94. The van der Waals surface area contributed by atoms with Gasteiger partial charge in [0.25, 0.3) is 5.91 Å². The van der Waals surface area contributed by atoms with Gasteiger partial charge in [-0.2, -0.15) is 5.10 Å².